The molecule has 0 N–H and O–H groups in total. The molecule has 0 unspecified atom stereocenters. The summed E-state index contributed by atoms with van der Waals surface area (Å²) in [4.78, 5) is 2.33. The highest BCUT2D eigenvalue weighted by molar-refractivity contribution is 6.09. The van der Waals surface area contributed by atoms with Crippen molar-refractivity contribution in [1.82, 2.24) is 19.3 Å². The lowest BCUT2D eigenvalue weighted by atomic mass is 10.1. The van der Waals surface area contributed by atoms with E-state index >= 15 is 0 Å². The average molecular weight is 658 g/mol. The zero-order chi connectivity index (χ0) is 34.3. The van der Waals surface area contributed by atoms with E-state index in [2.05, 4.69) is 173 Å². The molecule has 2 heterocycles. The molecule has 0 aliphatic heterocycles. The van der Waals surface area contributed by atoms with Gasteiger partial charge in [0.05, 0.1) is 11.0 Å². The first-order valence-electron chi connectivity index (χ1n) is 17.3. The van der Waals surface area contributed by atoms with Crippen LogP contribution in [0.1, 0.15) is 11.1 Å². The van der Waals surface area contributed by atoms with Gasteiger partial charge in [0.25, 0.3) is 0 Å². The molecule has 0 amide bonds. The Morgan fingerprint density at radius 1 is 0.392 bits per heavy atom. The van der Waals surface area contributed by atoms with Gasteiger partial charge in [-0.1, -0.05) is 91.0 Å². The van der Waals surface area contributed by atoms with Crippen LogP contribution in [0.4, 0.5) is 17.1 Å². The van der Waals surface area contributed by atoms with E-state index in [4.69, 9.17) is 5.10 Å². The predicted octanol–water partition coefficient (Wildman–Crippen LogP) is 11.8. The molecule has 0 saturated heterocycles. The second-order valence-corrected chi connectivity index (χ2v) is 13.0. The first kappa shape index (κ1) is 30.3. The van der Waals surface area contributed by atoms with Crippen molar-refractivity contribution in [1.29, 1.82) is 0 Å². The molecule has 0 saturated carbocycles. The fourth-order valence-corrected chi connectivity index (χ4v) is 7.31. The number of nitrogens with zero attached hydrogens (tertiary/aromatic N) is 5. The molecule has 9 rings (SSSR count). The molecular weight excluding hydrogens is 623 g/mol. The summed E-state index contributed by atoms with van der Waals surface area (Å²) < 4.78 is 4.50. The van der Waals surface area contributed by atoms with Gasteiger partial charge in [-0.2, -0.15) is 0 Å². The van der Waals surface area contributed by atoms with E-state index in [0.717, 1.165) is 51.2 Å². The van der Waals surface area contributed by atoms with Crippen LogP contribution in [0.5, 0.6) is 0 Å². The number of hydrogen-bond donors (Lipinski definition) is 0. The third-order valence-electron chi connectivity index (χ3n) is 9.50. The van der Waals surface area contributed by atoms with Gasteiger partial charge in [-0.15, -0.1) is 10.2 Å². The third-order valence-corrected chi connectivity index (χ3v) is 9.50. The Morgan fingerprint density at radius 3 is 1.41 bits per heavy atom. The van der Waals surface area contributed by atoms with Gasteiger partial charge in [-0.25, -0.2) is 0 Å². The summed E-state index contributed by atoms with van der Waals surface area (Å²) in [5, 5.41) is 11.9. The van der Waals surface area contributed by atoms with Crippen LogP contribution in [0.15, 0.2) is 176 Å². The molecule has 244 valence electrons. The summed E-state index contributed by atoms with van der Waals surface area (Å²) in [6, 6.07) is 62.1. The minimum Gasteiger partial charge on any atom is -0.310 e. The van der Waals surface area contributed by atoms with Crippen molar-refractivity contribution in [2.24, 2.45) is 0 Å². The molecule has 0 spiro atoms. The van der Waals surface area contributed by atoms with Crippen molar-refractivity contribution in [2.45, 2.75) is 13.8 Å². The summed E-state index contributed by atoms with van der Waals surface area (Å²) in [5.41, 5.74) is 12.2. The van der Waals surface area contributed by atoms with Gasteiger partial charge in [0.1, 0.15) is 0 Å². The summed E-state index contributed by atoms with van der Waals surface area (Å²) in [7, 11) is 0. The van der Waals surface area contributed by atoms with E-state index in [1.807, 2.05) is 36.4 Å². The van der Waals surface area contributed by atoms with E-state index in [1.54, 1.807) is 0 Å². The summed E-state index contributed by atoms with van der Waals surface area (Å²) in [6.07, 6.45) is 0. The molecule has 7 aromatic carbocycles. The minimum absolute atomic E-state index is 0.792. The standard InChI is InChI=1S/C46H35N5/c1-32-29-33(2)31-40(30-32)49(38-25-27-39(28-26-38)50-43-19-11-9-17-41(43)42-18-10-12-20-44(42)50)37-23-21-35(22-24-37)46-48-47-45(34-13-5-3-6-14-34)51(46)36-15-7-4-8-16-36/h3-31H,1-2H3. The number of benzene rings is 7. The number of fused-ring (bicyclic) bond motifs is 3. The Morgan fingerprint density at radius 2 is 0.843 bits per heavy atom. The quantitative estimate of drug-likeness (QED) is 0.171. The van der Waals surface area contributed by atoms with E-state index in [-0.39, 0.29) is 0 Å². The smallest absolute Gasteiger partial charge is 0.168 e. The first-order valence-corrected chi connectivity index (χ1v) is 17.3. The van der Waals surface area contributed by atoms with Crippen LogP contribution in [0, 0.1) is 13.8 Å². The van der Waals surface area contributed by atoms with Crippen LogP contribution in [0.2, 0.25) is 0 Å². The van der Waals surface area contributed by atoms with Gasteiger partial charge in [0.2, 0.25) is 0 Å². The van der Waals surface area contributed by atoms with Gasteiger partial charge in [0.15, 0.2) is 11.6 Å². The number of para-hydroxylation sites is 3. The summed E-state index contributed by atoms with van der Waals surface area (Å²) in [5.74, 6) is 1.60. The van der Waals surface area contributed by atoms with Crippen LogP contribution in [0.3, 0.4) is 0 Å². The van der Waals surface area contributed by atoms with E-state index < -0.39 is 0 Å². The molecule has 0 atom stereocenters. The van der Waals surface area contributed by atoms with E-state index in [9.17, 15) is 0 Å². The second kappa shape index (κ2) is 12.6. The van der Waals surface area contributed by atoms with Crippen molar-refractivity contribution < 1.29 is 0 Å². The molecule has 0 radical (unpaired) electrons. The lowest BCUT2D eigenvalue weighted by Gasteiger charge is -2.27. The summed E-state index contributed by atoms with van der Waals surface area (Å²) >= 11 is 0. The highest BCUT2D eigenvalue weighted by Gasteiger charge is 2.19. The lowest BCUT2D eigenvalue weighted by molar-refractivity contribution is 1.07. The Kier molecular flexibility index (Phi) is 7.51. The molecule has 2 aromatic heterocycles. The number of aromatic nitrogens is 4. The summed E-state index contributed by atoms with van der Waals surface area (Å²) in [6.45, 7) is 4.31. The van der Waals surface area contributed by atoms with Gasteiger partial charge < -0.3 is 9.47 Å². The Labute approximate surface area is 297 Å². The fraction of sp³-hybridized carbons (Fsp3) is 0.0435. The van der Waals surface area contributed by atoms with E-state index in [0.29, 0.717) is 0 Å². The molecule has 5 heteroatoms. The highest BCUT2D eigenvalue weighted by atomic mass is 15.3. The van der Waals surface area contributed by atoms with Crippen molar-refractivity contribution >= 4 is 38.9 Å². The van der Waals surface area contributed by atoms with Crippen molar-refractivity contribution in [3.63, 3.8) is 0 Å². The first-order chi connectivity index (χ1) is 25.1. The van der Waals surface area contributed by atoms with Crippen LogP contribution < -0.4 is 4.90 Å². The van der Waals surface area contributed by atoms with Crippen molar-refractivity contribution in [3.8, 4) is 34.2 Å². The average Bonchev–Trinajstić information content (AvgIpc) is 3.76. The van der Waals surface area contributed by atoms with Crippen LogP contribution in [-0.2, 0) is 0 Å². The van der Waals surface area contributed by atoms with Crippen molar-refractivity contribution in [3.05, 3.63) is 187 Å². The van der Waals surface area contributed by atoms with Crippen LogP contribution in [-0.4, -0.2) is 19.3 Å². The van der Waals surface area contributed by atoms with Gasteiger partial charge in [0, 0.05) is 50.3 Å². The molecule has 51 heavy (non-hydrogen) atoms. The molecule has 0 aliphatic rings. The SMILES string of the molecule is Cc1cc(C)cc(N(c2ccc(-c3nnc(-c4ccccc4)n3-c3ccccc3)cc2)c2ccc(-n3c4ccccc4c4ccccc43)cc2)c1. The maximum Gasteiger partial charge on any atom is 0.168 e. The molecule has 0 fully saturated rings. The van der Waals surface area contributed by atoms with Gasteiger partial charge >= 0.3 is 0 Å². The zero-order valence-electron chi connectivity index (χ0n) is 28.5. The van der Waals surface area contributed by atoms with Crippen LogP contribution in [0.25, 0.3) is 56.0 Å². The molecular formula is C46H35N5. The monoisotopic (exact) mass is 657 g/mol. The Hall–Kier alpha value is -6.72. The maximum atomic E-state index is 4.73. The second-order valence-electron chi connectivity index (χ2n) is 13.0. The zero-order valence-corrected chi connectivity index (χ0v) is 28.5. The predicted molar refractivity (Wildman–Crippen MR) is 211 cm³/mol. The number of anilines is 3. The largest absolute Gasteiger partial charge is 0.310 e. The molecule has 0 bridgehead atoms. The molecule has 9 aromatic rings. The fourth-order valence-electron chi connectivity index (χ4n) is 7.31. The Bertz CT molecular complexity index is 2560. The molecule has 5 nitrogen and oxygen atoms in total. The maximum absolute atomic E-state index is 4.73. The number of rotatable bonds is 7. The number of aryl methyl sites for hydroxylation is 2. The Balaban J connectivity index is 1.14. The number of hydrogen-bond acceptors (Lipinski definition) is 3. The molecule has 0 aliphatic carbocycles. The normalized spacial score (nSPS) is 11.3. The highest BCUT2D eigenvalue weighted by Crippen LogP contribution is 2.39. The minimum atomic E-state index is 0.792. The topological polar surface area (TPSA) is 38.9 Å². The van der Waals surface area contributed by atoms with Crippen molar-refractivity contribution in [2.75, 3.05) is 4.90 Å². The van der Waals surface area contributed by atoms with E-state index in [1.165, 1.54) is 32.9 Å². The van der Waals surface area contributed by atoms with Gasteiger partial charge in [-0.3, -0.25) is 4.57 Å². The third kappa shape index (κ3) is 5.45. The lowest BCUT2D eigenvalue weighted by Crippen LogP contribution is -2.10. The van der Waals surface area contributed by atoms with Gasteiger partial charge in [-0.05, 0) is 110 Å². The van der Waals surface area contributed by atoms with Crippen LogP contribution >= 0.6 is 0 Å².